The molecule has 0 N–H and O–H groups in total. The van der Waals surface area contributed by atoms with Gasteiger partial charge in [-0.1, -0.05) is 109 Å². The average molecular weight is 678 g/mol. The predicted octanol–water partition coefficient (Wildman–Crippen LogP) is 10.2. The van der Waals surface area contributed by atoms with Gasteiger partial charge in [-0.25, -0.2) is 4.98 Å². The first-order valence-electron chi connectivity index (χ1n) is 18.0. The largest absolute Gasteiger partial charge is 0.551 e. The van der Waals surface area contributed by atoms with Crippen LogP contribution in [-0.4, -0.2) is 21.0 Å². The zero-order valence-corrected chi connectivity index (χ0v) is 28.4. The Labute approximate surface area is 305 Å². The zero-order valence-electron chi connectivity index (χ0n) is 28.4. The molecule has 0 radical (unpaired) electrons. The van der Waals surface area contributed by atoms with Crippen LogP contribution < -0.4 is 20.3 Å². The van der Waals surface area contributed by atoms with E-state index in [0.29, 0.717) is 0 Å². The Hall–Kier alpha value is -7.05. The number of ether oxygens (including phenoxy) is 1. The van der Waals surface area contributed by atoms with Crippen molar-refractivity contribution in [3.63, 3.8) is 0 Å². The van der Waals surface area contributed by atoms with E-state index in [0.717, 1.165) is 84.1 Å². The summed E-state index contributed by atoms with van der Waals surface area (Å²) in [5.41, 5.74) is 10.8. The van der Waals surface area contributed by atoms with E-state index in [9.17, 15) is 0 Å². The summed E-state index contributed by atoms with van der Waals surface area (Å²) in [4.78, 5) is 5.54. The molecule has 0 fully saturated rings. The van der Waals surface area contributed by atoms with Crippen molar-refractivity contribution in [2.45, 2.75) is 0 Å². The molecule has 7 aromatic carbocycles. The van der Waals surface area contributed by atoms with Crippen LogP contribution in [-0.2, 0) is 0 Å². The molecule has 0 spiro atoms. The van der Waals surface area contributed by atoms with Gasteiger partial charge in [-0.15, -0.1) is 0 Å². The van der Waals surface area contributed by atoms with Gasteiger partial charge in [-0.05, 0) is 77.4 Å². The molecule has 5 nitrogen and oxygen atoms in total. The van der Waals surface area contributed by atoms with Crippen LogP contribution in [0.3, 0.4) is 0 Å². The van der Waals surface area contributed by atoms with E-state index in [4.69, 9.17) is 14.4 Å². The molecule has 2 aliphatic rings. The minimum absolute atomic E-state index is 0.257. The second-order valence-corrected chi connectivity index (χ2v) is 13.9. The molecule has 2 aliphatic heterocycles. The fourth-order valence-electron chi connectivity index (χ4n) is 8.71. The van der Waals surface area contributed by atoms with Gasteiger partial charge in [0.2, 0.25) is 0 Å². The number of benzene rings is 7. The number of nitrogens with zero attached hydrogens (tertiary/aromatic N) is 3. The smallest absolute Gasteiger partial charge is 0.434 e. The van der Waals surface area contributed by atoms with Gasteiger partial charge in [0.05, 0.1) is 22.1 Å². The molecule has 0 amide bonds. The van der Waals surface area contributed by atoms with Crippen LogP contribution in [0.15, 0.2) is 170 Å². The molecule has 10 aromatic rings. The molecule has 12 rings (SSSR count). The molecular formula is C47H28BN3O2. The van der Waals surface area contributed by atoms with Crippen LogP contribution in [0.1, 0.15) is 0 Å². The Kier molecular flexibility index (Phi) is 5.80. The minimum Gasteiger partial charge on any atom is -0.551 e. The molecular weight excluding hydrogens is 649 g/mol. The lowest BCUT2D eigenvalue weighted by atomic mass is 9.50. The lowest BCUT2D eigenvalue weighted by Gasteiger charge is -2.33. The number of aromatic nitrogens is 3. The number of hydrogen-bond donors (Lipinski definition) is 0. The highest BCUT2D eigenvalue weighted by molar-refractivity contribution is 6.84. The summed E-state index contributed by atoms with van der Waals surface area (Å²) in [7, 11) is 0. The number of para-hydroxylation sites is 6. The monoisotopic (exact) mass is 677 g/mol. The molecule has 0 saturated carbocycles. The van der Waals surface area contributed by atoms with Crippen molar-refractivity contribution in [3.05, 3.63) is 170 Å². The van der Waals surface area contributed by atoms with Crippen molar-refractivity contribution in [1.29, 1.82) is 0 Å². The molecule has 0 aliphatic carbocycles. The Balaban J connectivity index is 1.18. The lowest BCUT2D eigenvalue weighted by molar-refractivity contribution is 0.479. The van der Waals surface area contributed by atoms with Crippen molar-refractivity contribution in [2.24, 2.45) is 0 Å². The quantitative estimate of drug-likeness (QED) is 0.175. The molecule has 0 atom stereocenters. The molecule has 0 saturated heterocycles. The Morgan fingerprint density at radius 1 is 0.415 bits per heavy atom. The average Bonchev–Trinajstić information content (AvgIpc) is 3.74. The number of fused-ring (bicyclic) bond motifs is 10. The van der Waals surface area contributed by atoms with E-state index in [-0.39, 0.29) is 6.92 Å². The van der Waals surface area contributed by atoms with Crippen LogP contribution in [0, 0.1) is 0 Å². The molecule has 246 valence electrons. The predicted molar refractivity (Wildman–Crippen MR) is 216 cm³/mol. The highest BCUT2D eigenvalue weighted by Crippen LogP contribution is 2.43. The Morgan fingerprint density at radius 3 is 1.47 bits per heavy atom. The molecule has 3 aromatic heterocycles. The van der Waals surface area contributed by atoms with Crippen molar-refractivity contribution in [2.75, 3.05) is 0 Å². The molecule has 5 heterocycles. The maximum absolute atomic E-state index is 6.73. The number of rotatable bonds is 3. The molecule has 53 heavy (non-hydrogen) atoms. The van der Waals surface area contributed by atoms with Gasteiger partial charge in [0, 0.05) is 38.0 Å². The molecule has 6 heteroatoms. The van der Waals surface area contributed by atoms with Gasteiger partial charge in [0.25, 0.3) is 0 Å². The van der Waals surface area contributed by atoms with E-state index in [2.05, 4.69) is 161 Å². The fourth-order valence-corrected chi connectivity index (χ4v) is 8.71. The van der Waals surface area contributed by atoms with E-state index < -0.39 is 0 Å². The van der Waals surface area contributed by atoms with E-state index >= 15 is 0 Å². The number of pyridine rings is 1. The van der Waals surface area contributed by atoms with Crippen LogP contribution in [0.2, 0.25) is 0 Å². The second kappa shape index (κ2) is 10.7. The first-order valence-corrected chi connectivity index (χ1v) is 18.0. The second-order valence-electron chi connectivity index (χ2n) is 13.9. The van der Waals surface area contributed by atoms with Gasteiger partial charge < -0.3 is 9.39 Å². The summed E-state index contributed by atoms with van der Waals surface area (Å²) in [5.74, 6) is 4.19. The third-order valence-electron chi connectivity index (χ3n) is 11.0. The summed E-state index contributed by atoms with van der Waals surface area (Å²) in [6.07, 6.45) is 0. The van der Waals surface area contributed by atoms with E-state index in [1.54, 1.807) is 0 Å². The highest BCUT2D eigenvalue weighted by atomic mass is 16.5. The fraction of sp³-hybridized carbons (Fsp3) is 0. The summed E-state index contributed by atoms with van der Waals surface area (Å²) < 4.78 is 18.1. The zero-order chi connectivity index (χ0) is 34.6. The first kappa shape index (κ1) is 28.6. The van der Waals surface area contributed by atoms with Crippen LogP contribution in [0.5, 0.6) is 17.2 Å². The summed E-state index contributed by atoms with van der Waals surface area (Å²) in [6, 6.07) is 59.9. The Bertz CT molecular complexity index is 2920. The number of hydrogen-bond acceptors (Lipinski definition) is 3. The van der Waals surface area contributed by atoms with Crippen molar-refractivity contribution < 1.29 is 9.39 Å². The van der Waals surface area contributed by atoms with Crippen molar-refractivity contribution >= 4 is 61.5 Å². The molecule has 0 bridgehead atoms. The maximum atomic E-state index is 6.73. The van der Waals surface area contributed by atoms with Gasteiger partial charge in [-0.2, -0.15) is 0 Å². The SMILES string of the molecule is c1ccc2c(c1)Oc1cc(-c3cc(-n4c5ccccc5c5ccccc54)nc(-n4c5ccccc5c5ccccc54)c3)cc3c1B2Oc1ccccc1-3. The first-order chi connectivity index (χ1) is 26.3. The summed E-state index contributed by atoms with van der Waals surface area (Å²) in [5, 5.41) is 4.78. The van der Waals surface area contributed by atoms with Crippen LogP contribution >= 0.6 is 0 Å². The highest BCUT2D eigenvalue weighted by Gasteiger charge is 2.40. The summed E-state index contributed by atoms with van der Waals surface area (Å²) in [6.45, 7) is -0.257. The summed E-state index contributed by atoms with van der Waals surface area (Å²) >= 11 is 0. The van der Waals surface area contributed by atoms with E-state index in [1.807, 2.05) is 18.2 Å². The van der Waals surface area contributed by atoms with Gasteiger partial charge in [-0.3, -0.25) is 9.13 Å². The lowest BCUT2D eigenvalue weighted by Crippen LogP contribution is -2.53. The standard InChI is InChI=1S/C47H28BN3O2/c1-7-19-38-31(13-1)32-14-2-8-20-39(32)50(38)45-27-30(28-46(49-45)51-40-21-9-3-15-33(40)34-16-4-10-22-41(34)51)29-25-36-35-17-5-11-23-42(35)53-48-37-18-6-12-24-43(37)52-44(26-29)47(36)48/h1-28H. The normalized spacial score (nSPS) is 12.8. The minimum atomic E-state index is -0.257. The van der Waals surface area contributed by atoms with E-state index in [1.165, 1.54) is 21.5 Å². The Morgan fingerprint density at radius 2 is 0.887 bits per heavy atom. The van der Waals surface area contributed by atoms with Crippen molar-refractivity contribution in [3.8, 4) is 51.1 Å². The topological polar surface area (TPSA) is 41.2 Å². The van der Waals surface area contributed by atoms with Gasteiger partial charge in [0.15, 0.2) is 0 Å². The third kappa shape index (κ3) is 4.06. The van der Waals surface area contributed by atoms with Gasteiger partial charge >= 0.3 is 6.92 Å². The molecule has 0 unspecified atom stereocenters. The third-order valence-corrected chi connectivity index (χ3v) is 11.0. The van der Waals surface area contributed by atoms with Crippen LogP contribution in [0.25, 0.3) is 77.5 Å². The van der Waals surface area contributed by atoms with Crippen LogP contribution in [0.4, 0.5) is 0 Å². The maximum Gasteiger partial charge on any atom is 0.434 e. The van der Waals surface area contributed by atoms with Crippen molar-refractivity contribution in [1.82, 2.24) is 14.1 Å². The van der Waals surface area contributed by atoms with Gasteiger partial charge in [0.1, 0.15) is 28.9 Å².